The quantitative estimate of drug-likeness (QED) is 0.464. The molecule has 9 nitrogen and oxygen atoms in total. The summed E-state index contributed by atoms with van der Waals surface area (Å²) in [5.74, 6) is 2.29. The van der Waals surface area contributed by atoms with Gasteiger partial charge in [0.1, 0.15) is 6.61 Å². The topological polar surface area (TPSA) is 102 Å². The summed E-state index contributed by atoms with van der Waals surface area (Å²) in [6, 6.07) is 7.26. The van der Waals surface area contributed by atoms with E-state index >= 15 is 0 Å². The van der Waals surface area contributed by atoms with Crippen molar-refractivity contribution in [1.82, 2.24) is 0 Å². The molecular formula is C24H31NO8S. The van der Waals surface area contributed by atoms with Crippen LogP contribution in [0.4, 0.5) is 5.69 Å². The number of benzene rings is 2. The van der Waals surface area contributed by atoms with Crippen LogP contribution in [-0.4, -0.2) is 49.7 Å². The number of hydrogen-bond acceptors (Lipinski definition) is 8. The van der Waals surface area contributed by atoms with Crippen molar-refractivity contribution >= 4 is 15.7 Å². The molecular weight excluding hydrogens is 462 g/mol. The minimum atomic E-state index is -3.56. The number of rotatable bonds is 11. The molecule has 0 aliphatic carbocycles. The highest BCUT2D eigenvalue weighted by Gasteiger charge is 2.31. The first-order chi connectivity index (χ1) is 16.2. The average molecular weight is 494 g/mol. The van der Waals surface area contributed by atoms with Crippen molar-refractivity contribution < 1.29 is 36.8 Å². The first-order valence-electron chi connectivity index (χ1n) is 10.6. The van der Waals surface area contributed by atoms with Crippen molar-refractivity contribution in [1.29, 1.82) is 0 Å². The van der Waals surface area contributed by atoms with Gasteiger partial charge in [0.2, 0.25) is 15.8 Å². The SMILES string of the molecule is C=CCOc1c(NS(C)(=O)=O)cc([C@@H]2CC[C@@H](c3cc(OC)c(OC)c(OC)c3)O2)cc1OC. The van der Waals surface area contributed by atoms with Gasteiger partial charge in [0.05, 0.1) is 52.6 Å². The molecule has 2 aromatic carbocycles. The Balaban J connectivity index is 1.94. The summed E-state index contributed by atoms with van der Waals surface area (Å²) in [6.07, 6.45) is 3.61. The second kappa shape index (κ2) is 10.9. The van der Waals surface area contributed by atoms with Crippen LogP contribution in [0.3, 0.4) is 0 Å². The van der Waals surface area contributed by atoms with E-state index in [0.717, 1.165) is 30.2 Å². The summed E-state index contributed by atoms with van der Waals surface area (Å²) >= 11 is 0. The molecule has 0 unspecified atom stereocenters. The van der Waals surface area contributed by atoms with Gasteiger partial charge in [0, 0.05) is 0 Å². The zero-order valence-corrected chi connectivity index (χ0v) is 20.9. The molecule has 1 N–H and O–H groups in total. The standard InChI is InChI=1S/C24H31NO8S/c1-7-10-32-23-17(25-34(6,26)27)11-15(12-20(23)28-2)18-8-9-19(33-18)16-13-21(29-3)24(31-5)22(14-16)30-4/h7,11-14,18-19,25H,1,8-10H2,2-6H3/t18-,19-/m0/s1. The van der Waals surface area contributed by atoms with E-state index in [4.69, 9.17) is 28.4 Å². The molecule has 186 valence electrons. The fraction of sp³-hybridized carbons (Fsp3) is 0.417. The van der Waals surface area contributed by atoms with Crippen molar-refractivity contribution in [3.63, 3.8) is 0 Å². The van der Waals surface area contributed by atoms with Crippen LogP contribution in [-0.2, 0) is 14.8 Å². The van der Waals surface area contributed by atoms with Crippen molar-refractivity contribution in [3.05, 3.63) is 48.0 Å². The van der Waals surface area contributed by atoms with Gasteiger partial charge in [-0.1, -0.05) is 12.7 Å². The fourth-order valence-electron chi connectivity index (χ4n) is 3.94. The number of nitrogens with one attached hydrogen (secondary N) is 1. The molecule has 1 aliphatic rings. The van der Waals surface area contributed by atoms with E-state index in [0.29, 0.717) is 23.0 Å². The smallest absolute Gasteiger partial charge is 0.229 e. The van der Waals surface area contributed by atoms with E-state index in [1.807, 2.05) is 12.1 Å². The zero-order chi connectivity index (χ0) is 24.9. The molecule has 10 heteroatoms. The third-order valence-corrected chi connectivity index (χ3v) is 5.98. The molecule has 1 fully saturated rings. The first kappa shape index (κ1) is 25.5. The lowest BCUT2D eigenvalue weighted by molar-refractivity contribution is 0.0437. The lowest BCUT2D eigenvalue weighted by Gasteiger charge is -2.20. The van der Waals surface area contributed by atoms with Crippen LogP contribution in [0.1, 0.15) is 36.2 Å². The van der Waals surface area contributed by atoms with Gasteiger partial charge in [0.25, 0.3) is 0 Å². The van der Waals surface area contributed by atoms with Gasteiger partial charge in [-0.25, -0.2) is 8.42 Å². The number of sulfonamides is 1. The Morgan fingerprint density at radius 3 is 1.85 bits per heavy atom. The maximum atomic E-state index is 12.0. The van der Waals surface area contributed by atoms with Crippen molar-refractivity contribution in [2.24, 2.45) is 0 Å². The van der Waals surface area contributed by atoms with Gasteiger partial charge < -0.3 is 28.4 Å². The molecule has 0 amide bonds. The van der Waals surface area contributed by atoms with Gasteiger partial charge in [0.15, 0.2) is 23.0 Å². The predicted octanol–water partition coefficient (Wildman–Crippen LogP) is 4.25. The van der Waals surface area contributed by atoms with Crippen LogP contribution < -0.4 is 28.4 Å². The number of anilines is 1. The summed E-state index contributed by atoms with van der Waals surface area (Å²) in [5, 5.41) is 0. The maximum absolute atomic E-state index is 12.0. The zero-order valence-electron chi connectivity index (χ0n) is 20.0. The highest BCUT2D eigenvalue weighted by Crippen LogP contribution is 2.48. The van der Waals surface area contributed by atoms with Crippen LogP contribution in [0, 0.1) is 0 Å². The van der Waals surface area contributed by atoms with Gasteiger partial charge in [-0.3, -0.25) is 4.72 Å². The first-order valence-corrected chi connectivity index (χ1v) is 12.5. The van der Waals surface area contributed by atoms with Gasteiger partial charge in [-0.2, -0.15) is 0 Å². The molecule has 0 radical (unpaired) electrons. The Kier molecular flexibility index (Phi) is 8.16. The molecule has 1 aliphatic heterocycles. The second-order valence-corrected chi connectivity index (χ2v) is 9.47. The highest BCUT2D eigenvalue weighted by atomic mass is 32.2. The monoisotopic (exact) mass is 493 g/mol. The second-order valence-electron chi connectivity index (χ2n) is 7.72. The Labute approximate surface area is 200 Å². The predicted molar refractivity (Wildman–Crippen MR) is 129 cm³/mol. The Bertz CT molecular complexity index is 1110. The van der Waals surface area contributed by atoms with E-state index < -0.39 is 10.0 Å². The Morgan fingerprint density at radius 1 is 0.912 bits per heavy atom. The number of methoxy groups -OCH3 is 4. The van der Waals surface area contributed by atoms with Crippen LogP contribution in [0.2, 0.25) is 0 Å². The molecule has 2 atom stereocenters. The van der Waals surface area contributed by atoms with Crippen molar-refractivity contribution in [2.75, 3.05) is 46.0 Å². The van der Waals surface area contributed by atoms with Crippen molar-refractivity contribution in [2.45, 2.75) is 25.0 Å². The largest absolute Gasteiger partial charge is 0.493 e. The summed E-state index contributed by atoms with van der Waals surface area (Å²) in [7, 11) is 2.63. The molecule has 1 saturated heterocycles. The number of ether oxygens (including phenoxy) is 6. The maximum Gasteiger partial charge on any atom is 0.229 e. The third-order valence-electron chi connectivity index (χ3n) is 5.39. The van der Waals surface area contributed by atoms with Gasteiger partial charge in [-0.15, -0.1) is 0 Å². The van der Waals surface area contributed by atoms with E-state index in [1.54, 1.807) is 39.5 Å². The highest BCUT2D eigenvalue weighted by molar-refractivity contribution is 7.92. The minimum absolute atomic E-state index is 0.192. The summed E-state index contributed by atoms with van der Waals surface area (Å²) in [4.78, 5) is 0. The van der Waals surface area contributed by atoms with Crippen LogP contribution in [0.5, 0.6) is 28.7 Å². The van der Waals surface area contributed by atoms with E-state index in [-0.39, 0.29) is 30.3 Å². The van der Waals surface area contributed by atoms with Gasteiger partial charge >= 0.3 is 0 Å². The molecule has 0 bridgehead atoms. The lowest BCUT2D eigenvalue weighted by atomic mass is 10.0. The van der Waals surface area contributed by atoms with Gasteiger partial charge in [-0.05, 0) is 48.2 Å². The molecule has 1 heterocycles. The lowest BCUT2D eigenvalue weighted by Crippen LogP contribution is -2.12. The summed E-state index contributed by atoms with van der Waals surface area (Å²) in [5.41, 5.74) is 1.94. The molecule has 0 saturated carbocycles. The average Bonchev–Trinajstić information content (AvgIpc) is 3.31. The normalized spacial score (nSPS) is 17.7. The third kappa shape index (κ3) is 5.68. The molecule has 0 aromatic heterocycles. The Morgan fingerprint density at radius 2 is 1.41 bits per heavy atom. The van der Waals surface area contributed by atoms with Crippen LogP contribution in [0.15, 0.2) is 36.9 Å². The van der Waals surface area contributed by atoms with Crippen molar-refractivity contribution in [3.8, 4) is 28.7 Å². The fourth-order valence-corrected chi connectivity index (χ4v) is 4.49. The molecule has 34 heavy (non-hydrogen) atoms. The van der Waals surface area contributed by atoms with Crippen LogP contribution in [0.25, 0.3) is 0 Å². The Hall–Kier alpha value is -3.11. The molecule has 3 rings (SSSR count). The van der Waals surface area contributed by atoms with E-state index in [2.05, 4.69) is 11.3 Å². The van der Waals surface area contributed by atoms with Crippen LogP contribution >= 0.6 is 0 Å². The van der Waals surface area contributed by atoms with E-state index in [9.17, 15) is 8.42 Å². The molecule has 0 spiro atoms. The van der Waals surface area contributed by atoms with E-state index in [1.165, 1.54) is 7.11 Å². The molecule has 2 aromatic rings. The summed E-state index contributed by atoms with van der Waals surface area (Å²) in [6.45, 7) is 3.83. The summed E-state index contributed by atoms with van der Waals surface area (Å²) < 4.78 is 60.4. The minimum Gasteiger partial charge on any atom is -0.493 e. The number of hydrogen-bond donors (Lipinski definition) is 1.